The van der Waals surface area contributed by atoms with E-state index in [0.717, 1.165) is 5.75 Å². The molecule has 1 aromatic carbocycles. The molecule has 1 rings (SSSR count). The van der Waals surface area contributed by atoms with Crippen LogP contribution in [0.1, 0.15) is 46.6 Å². The highest BCUT2D eigenvalue weighted by molar-refractivity contribution is 5.84. The number of nitrogens with two attached hydrogens (primary N) is 1. The summed E-state index contributed by atoms with van der Waals surface area (Å²) in [5, 5.41) is 3.12. The first-order chi connectivity index (χ1) is 9.69. The summed E-state index contributed by atoms with van der Waals surface area (Å²) in [5.74, 6) is 0.461. The van der Waals surface area contributed by atoms with Crippen LogP contribution >= 0.6 is 0 Å². The summed E-state index contributed by atoms with van der Waals surface area (Å²) in [4.78, 5) is 11.5. The van der Waals surface area contributed by atoms with Gasteiger partial charge in [-0.25, -0.2) is 0 Å². The van der Waals surface area contributed by atoms with Crippen LogP contribution in [0, 0.1) is 0 Å². The summed E-state index contributed by atoms with van der Waals surface area (Å²) in [5.41, 5.74) is 6.13. The van der Waals surface area contributed by atoms with Crippen LogP contribution in [0.15, 0.2) is 24.3 Å². The van der Waals surface area contributed by atoms with Crippen molar-refractivity contribution < 1.29 is 9.53 Å². The minimum Gasteiger partial charge on any atom is -0.494 e. The number of ether oxygens (including phenoxy) is 1. The number of nitrogens with one attached hydrogen (secondary N) is 1. The number of likely N-dealkylation sites (N-methyl/N-ethyl adjacent to an activating group) is 1. The maximum absolute atomic E-state index is 11.5. The minimum atomic E-state index is -0.722. The van der Waals surface area contributed by atoms with E-state index in [9.17, 15) is 4.79 Å². The number of carbonyl (C=O) groups excluding carboxylic acids is 1. The second-order valence-corrected chi connectivity index (χ2v) is 6.60. The van der Waals surface area contributed by atoms with Crippen LogP contribution in [-0.4, -0.2) is 24.6 Å². The van der Waals surface area contributed by atoms with Gasteiger partial charge in [0.05, 0.1) is 12.1 Å². The average molecular weight is 292 g/mol. The molecule has 4 nitrogen and oxygen atoms in total. The van der Waals surface area contributed by atoms with Gasteiger partial charge in [-0.3, -0.25) is 4.79 Å². The topological polar surface area (TPSA) is 64.3 Å². The molecular weight excluding hydrogens is 264 g/mol. The van der Waals surface area contributed by atoms with E-state index >= 15 is 0 Å². The van der Waals surface area contributed by atoms with Crippen LogP contribution < -0.4 is 15.8 Å². The zero-order valence-corrected chi connectivity index (χ0v) is 13.8. The molecule has 0 bridgehead atoms. The molecule has 0 aliphatic rings. The molecule has 21 heavy (non-hydrogen) atoms. The van der Waals surface area contributed by atoms with Gasteiger partial charge in [-0.2, -0.15) is 0 Å². The summed E-state index contributed by atoms with van der Waals surface area (Å²) in [6, 6.07) is 8.09. The smallest absolute Gasteiger partial charge is 0.237 e. The predicted molar refractivity (Wildman–Crippen MR) is 86.5 cm³/mol. The van der Waals surface area contributed by atoms with E-state index in [1.807, 2.05) is 26.0 Å². The number of benzene rings is 1. The normalized spacial score (nSPS) is 14.5. The van der Waals surface area contributed by atoms with Gasteiger partial charge < -0.3 is 15.8 Å². The third kappa shape index (κ3) is 5.05. The summed E-state index contributed by atoms with van der Waals surface area (Å²) in [7, 11) is 0. The molecule has 0 heterocycles. The number of amides is 1. The molecule has 0 saturated carbocycles. The van der Waals surface area contributed by atoms with E-state index in [4.69, 9.17) is 10.5 Å². The molecule has 1 unspecified atom stereocenters. The van der Waals surface area contributed by atoms with E-state index in [1.54, 1.807) is 0 Å². The molecule has 0 aromatic heterocycles. The van der Waals surface area contributed by atoms with Crippen LogP contribution in [0.3, 0.4) is 0 Å². The largest absolute Gasteiger partial charge is 0.494 e. The van der Waals surface area contributed by atoms with Crippen molar-refractivity contribution in [1.82, 2.24) is 5.32 Å². The number of hydrogen-bond donors (Lipinski definition) is 2. The molecule has 0 spiro atoms. The second-order valence-electron chi connectivity index (χ2n) is 6.60. The van der Waals surface area contributed by atoms with Gasteiger partial charge in [-0.05, 0) is 36.6 Å². The SMILES string of the molecule is CCNC(C)(CCOc1ccc(C(C)(C)C)cc1)C(N)=O. The Kier molecular flexibility index (Phi) is 5.78. The Hall–Kier alpha value is -1.55. The molecular formula is C17H28N2O2. The fourth-order valence-corrected chi connectivity index (χ4v) is 2.11. The van der Waals surface area contributed by atoms with Crippen molar-refractivity contribution in [2.45, 2.75) is 52.0 Å². The Bertz CT molecular complexity index is 463. The highest BCUT2D eigenvalue weighted by Crippen LogP contribution is 2.24. The van der Waals surface area contributed by atoms with Crippen LogP contribution in [0.2, 0.25) is 0 Å². The number of primary amides is 1. The van der Waals surface area contributed by atoms with Gasteiger partial charge in [-0.1, -0.05) is 39.8 Å². The van der Waals surface area contributed by atoms with Gasteiger partial charge in [0.1, 0.15) is 5.75 Å². The van der Waals surface area contributed by atoms with Crippen molar-refractivity contribution in [1.29, 1.82) is 0 Å². The number of carbonyl (C=O) groups is 1. The van der Waals surface area contributed by atoms with E-state index in [0.29, 0.717) is 19.6 Å². The lowest BCUT2D eigenvalue weighted by molar-refractivity contribution is -0.124. The first-order valence-electron chi connectivity index (χ1n) is 7.47. The molecule has 1 aromatic rings. The van der Waals surface area contributed by atoms with Crippen molar-refractivity contribution >= 4 is 5.91 Å². The van der Waals surface area contributed by atoms with Crippen molar-refractivity contribution in [3.05, 3.63) is 29.8 Å². The monoisotopic (exact) mass is 292 g/mol. The molecule has 0 fully saturated rings. The molecule has 0 radical (unpaired) electrons. The lowest BCUT2D eigenvalue weighted by Gasteiger charge is -2.27. The van der Waals surface area contributed by atoms with Gasteiger partial charge in [0.25, 0.3) is 0 Å². The Morgan fingerprint density at radius 1 is 1.19 bits per heavy atom. The van der Waals surface area contributed by atoms with Crippen LogP contribution in [0.25, 0.3) is 0 Å². The van der Waals surface area contributed by atoms with E-state index in [-0.39, 0.29) is 11.3 Å². The van der Waals surface area contributed by atoms with Crippen molar-refractivity contribution in [2.75, 3.05) is 13.2 Å². The Balaban J connectivity index is 2.58. The highest BCUT2D eigenvalue weighted by atomic mass is 16.5. The first-order valence-corrected chi connectivity index (χ1v) is 7.47. The van der Waals surface area contributed by atoms with Crippen molar-refractivity contribution in [3.63, 3.8) is 0 Å². The number of hydrogen-bond acceptors (Lipinski definition) is 3. The Morgan fingerprint density at radius 2 is 1.76 bits per heavy atom. The van der Waals surface area contributed by atoms with Gasteiger partial charge in [0, 0.05) is 6.42 Å². The van der Waals surface area contributed by atoms with Crippen LogP contribution in [0.5, 0.6) is 5.75 Å². The summed E-state index contributed by atoms with van der Waals surface area (Å²) in [6.07, 6.45) is 0.539. The summed E-state index contributed by atoms with van der Waals surface area (Å²) in [6.45, 7) is 11.4. The quantitative estimate of drug-likeness (QED) is 0.812. The zero-order chi connectivity index (χ0) is 16.1. The van der Waals surface area contributed by atoms with Gasteiger partial charge in [-0.15, -0.1) is 0 Å². The maximum Gasteiger partial charge on any atom is 0.237 e. The third-order valence-electron chi connectivity index (χ3n) is 3.70. The van der Waals surface area contributed by atoms with Gasteiger partial charge in [0.2, 0.25) is 5.91 Å². The van der Waals surface area contributed by atoms with Gasteiger partial charge in [0.15, 0.2) is 0 Å². The molecule has 4 heteroatoms. The lowest BCUT2D eigenvalue weighted by atomic mass is 9.87. The molecule has 1 atom stereocenters. The third-order valence-corrected chi connectivity index (χ3v) is 3.70. The molecule has 118 valence electrons. The molecule has 3 N–H and O–H groups in total. The Morgan fingerprint density at radius 3 is 2.19 bits per heavy atom. The standard InChI is InChI=1S/C17H28N2O2/c1-6-19-17(5,15(18)20)11-12-21-14-9-7-13(8-10-14)16(2,3)4/h7-10,19H,6,11-12H2,1-5H3,(H2,18,20). The molecule has 0 saturated heterocycles. The summed E-state index contributed by atoms with van der Waals surface area (Å²) < 4.78 is 5.72. The summed E-state index contributed by atoms with van der Waals surface area (Å²) >= 11 is 0. The molecule has 1 amide bonds. The fourth-order valence-electron chi connectivity index (χ4n) is 2.11. The zero-order valence-electron chi connectivity index (χ0n) is 13.8. The maximum atomic E-state index is 11.5. The van der Waals surface area contributed by atoms with Crippen molar-refractivity contribution in [2.24, 2.45) is 5.73 Å². The average Bonchev–Trinajstić information content (AvgIpc) is 2.38. The Labute approximate surface area is 128 Å². The van der Waals surface area contributed by atoms with Crippen LogP contribution in [-0.2, 0) is 10.2 Å². The highest BCUT2D eigenvalue weighted by Gasteiger charge is 2.29. The van der Waals surface area contributed by atoms with E-state index in [2.05, 4.69) is 38.2 Å². The number of rotatable bonds is 7. The first kappa shape index (κ1) is 17.5. The second kappa shape index (κ2) is 6.94. The molecule has 0 aliphatic heterocycles. The predicted octanol–water partition coefficient (Wildman–Crippen LogP) is 2.61. The van der Waals surface area contributed by atoms with Crippen LogP contribution in [0.4, 0.5) is 0 Å². The molecule has 0 aliphatic carbocycles. The van der Waals surface area contributed by atoms with Gasteiger partial charge >= 0.3 is 0 Å². The van der Waals surface area contributed by atoms with E-state index in [1.165, 1.54) is 5.56 Å². The van der Waals surface area contributed by atoms with E-state index < -0.39 is 5.54 Å². The fraction of sp³-hybridized carbons (Fsp3) is 0.588. The lowest BCUT2D eigenvalue weighted by Crippen LogP contribution is -2.53. The minimum absolute atomic E-state index is 0.133. The van der Waals surface area contributed by atoms with Crippen molar-refractivity contribution in [3.8, 4) is 5.75 Å².